The second-order valence-corrected chi connectivity index (χ2v) is 6.35. The van der Waals surface area contributed by atoms with Gasteiger partial charge in [-0.1, -0.05) is 0 Å². The van der Waals surface area contributed by atoms with Gasteiger partial charge in [0.2, 0.25) is 0 Å². The number of halogens is 2. The number of ether oxygens (including phenoxy) is 1. The Morgan fingerprint density at radius 3 is 2.70 bits per heavy atom. The number of likely N-dealkylation sites (tertiary alicyclic amines) is 1. The van der Waals surface area contributed by atoms with Crippen LogP contribution in [-0.4, -0.2) is 55.8 Å². The van der Waals surface area contributed by atoms with Gasteiger partial charge in [-0.15, -0.1) is 0 Å². The van der Waals surface area contributed by atoms with E-state index in [9.17, 15) is 13.6 Å². The Hall–Kier alpha value is -2.38. The van der Waals surface area contributed by atoms with Crippen LogP contribution in [0.1, 0.15) is 32.3 Å². The smallest absolute Gasteiger partial charge is 0.409 e. The molecule has 27 heavy (non-hydrogen) atoms. The molecule has 0 saturated carbocycles. The number of piperidine rings is 1. The molecule has 2 N–H and O–H groups in total. The third-order valence-electron chi connectivity index (χ3n) is 4.36. The molecule has 0 bridgehead atoms. The fourth-order valence-electron chi connectivity index (χ4n) is 2.96. The average Bonchev–Trinajstić information content (AvgIpc) is 2.65. The largest absolute Gasteiger partial charge is 0.450 e. The van der Waals surface area contributed by atoms with Gasteiger partial charge in [-0.25, -0.2) is 13.6 Å². The summed E-state index contributed by atoms with van der Waals surface area (Å²) in [6.07, 6.45) is 1.64. The number of carbonyl (C=O) groups excluding carboxylic acids is 1. The minimum absolute atomic E-state index is 0.194. The fraction of sp³-hybridized carbons (Fsp3) is 0.579. The van der Waals surface area contributed by atoms with Gasteiger partial charge in [-0.3, -0.25) is 4.99 Å². The first-order valence-corrected chi connectivity index (χ1v) is 9.44. The summed E-state index contributed by atoms with van der Waals surface area (Å²) in [5.41, 5.74) is 0.317. The van der Waals surface area contributed by atoms with E-state index in [0.717, 1.165) is 25.0 Å². The Morgan fingerprint density at radius 2 is 2.04 bits per heavy atom. The molecule has 0 atom stereocenters. The molecular weight excluding hydrogens is 354 g/mol. The Balaban J connectivity index is 1.85. The predicted molar refractivity (Wildman–Crippen MR) is 101 cm³/mol. The lowest BCUT2D eigenvalue weighted by atomic mass is 10.1. The van der Waals surface area contributed by atoms with Crippen LogP contribution in [-0.2, 0) is 11.2 Å². The second-order valence-electron chi connectivity index (χ2n) is 6.35. The Kier molecular flexibility index (Phi) is 8.29. The van der Waals surface area contributed by atoms with E-state index in [1.54, 1.807) is 11.8 Å². The van der Waals surface area contributed by atoms with E-state index in [-0.39, 0.29) is 12.1 Å². The number of carbonyl (C=O) groups is 1. The zero-order valence-electron chi connectivity index (χ0n) is 15.9. The maximum atomic E-state index is 13.7. The molecule has 0 aromatic heterocycles. The molecule has 2 rings (SSSR count). The van der Waals surface area contributed by atoms with Crippen LogP contribution < -0.4 is 10.6 Å². The molecule has 1 fully saturated rings. The zero-order valence-corrected chi connectivity index (χ0v) is 15.9. The number of amides is 1. The minimum Gasteiger partial charge on any atom is -0.450 e. The first-order chi connectivity index (χ1) is 13.0. The summed E-state index contributed by atoms with van der Waals surface area (Å²) < 4.78 is 31.9. The van der Waals surface area contributed by atoms with Crippen LogP contribution >= 0.6 is 0 Å². The van der Waals surface area contributed by atoms with Gasteiger partial charge in [0.05, 0.1) is 6.61 Å². The van der Waals surface area contributed by atoms with Crippen molar-refractivity contribution in [2.45, 2.75) is 39.2 Å². The number of rotatable bonds is 6. The molecule has 150 valence electrons. The highest BCUT2D eigenvalue weighted by molar-refractivity contribution is 5.80. The Labute approximate surface area is 159 Å². The lowest BCUT2D eigenvalue weighted by Crippen LogP contribution is -2.50. The van der Waals surface area contributed by atoms with Crippen molar-refractivity contribution in [2.24, 2.45) is 4.99 Å². The van der Waals surface area contributed by atoms with Gasteiger partial charge in [0.25, 0.3) is 0 Å². The number of hydrogen-bond donors (Lipinski definition) is 2. The molecule has 8 heteroatoms. The van der Waals surface area contributed by atoms with E-state index in [1.165, 1.54) is 6.07 Å². The molecular formula is C19H28F2N4O2. The first-order valence-electron chi connectivity index (χ1n) is 9.44. The van der Waals surface area contributed by atoms with Crippen LogP contribution in [0.5, 0.6) is 0 Å². The Morgan fingerprint density at radius 1 is 1.30 bits per heavy atom. The lowest BCUT2D eigenvalue weighted by molar-refractivity contribution is 0.0963. The molecule has 0 spiro atoms. The van der Waals surface area contributed by atoms with Crippen molar-refractivity contribution >= 4 is 12.1 Å². The number of nitrogens with zero attached hydrogens (tertiary/aromatic N) is 2. The first kappa shape index (κ1) is 20.9. The summed E-state index contributed by atoms with van der Waals surface area (Å²) in [5.74, 6) is -0.228. The van der Waals surface area contributed by atoms with Crippen LogP contribution in [0.15, 0.2) is 23.2 Å². The predicted octanol–water partition coefficient (Wildman–Crippen LogP) is 2.68. The summed E-state index contributed by atoms with van der Waals surface area (Å²) in [6, 6.07) is 3.64. The highest BCUT2D eigenvalue weighted by atomic mass is 19.1. The van der Waals surface area contributed by atoms with Crippen molar-refractivity contribution in [2.75, 3.05) is 32.8 Å². The number of benzene rings is 1. The summed E-state index contributed by atoms with van der Waals surface area (Å²) >= 11 is 0. The number of hydrogen-bond acceptors (Lipinski definition) is 3. The average molecular weight is 382 g/mol. The monoisotopic (exact) mass is 382 g/mol. The standard InChI is InChI=1S/C19H28F2N4O2/c1-3-22-18(23-10-7-14-13-15(20)5-6-17(14)21)24-16-8-11-25(12-9-16)19(26)27-4-2/h5-6,13,16H,3-4,7-12H2,1-2H3,(H2,22,23,24). The van der Waals surface area contributed by atoms with E-state index >= 15 is 0 Å². The van der Waals surface area contributed by atoms with Crippen molar-refractivity contribution in [3.8, 4) is 0 Å². The third-order valence-corrected chi connectivity index (χ3v) is 4.36. The van der Waals surface area contributed by atoms with Crippen molar-refractivity contribution < 1.29 is 18.3 Å². The van der Waals surface area contributed by atoms with Crippen molar-refractivity contribution in [1.82, 2.24) is 15.5 Å². The second kappa shape index (κ2) is 10.7. The molecule has 1 amide bonds. The highest BCUT2D eigenvalue weighted by Crippen LogP contribution is 2.12. The van der Waals surface area contributed by atoms with Gasteiger partial charge in [0.15, 0.2) is 5.96 Å². The molecule has 0 unspecified atom stereocenters. The van der Waals surface area contributed by atoms with Gasteiger partial charge in [0, 0.05) is 32.2 Å². The minimum atomic E-state index is -0.450. The summed E-state index contributed by atoms with van der Waals surface area (Å²) in [5, 5.41) is 6.52. The molecule has 1 saturated heterocycles. The third kappa shape index (κ3) is 6.69. The number of aliphatic imine (C=N–C) groups is 1. The highest BCUT2D eigenvalue weighted by Gasteiger charge is 2.24. The van der Waals surface area contributed by atoms with E-state index in [4.69, 9.17) is 4.74 Å². The van der Waals surface area contributed by atoms with Gasteiger partial charge < -0.3 is 20.3 Å². The van der Waals surface area contributed by atoms with E-state index in [1.807, 2.05) is 6.92 Å². The molecule has 1 aromatic carbocycles. The summed E-state index contributed by atoms with van der Waals surface area (Å²) in [7, 11) is 0. The lowest BCUT2D eigenvalue weighted by Gasteiger charge is -2.32. The summed E-state index contributed by atoms with van der Waals surface area (Å²) in [6.45, 7) is 6.43. The van der Waals surface area contributed by atoms with Gasteiger partial charge >= 0.3 is 6.09 Å². The maximum Gasteiger partial charge on any atom is 0.409 e. The van der Waals surface area contributed by atoms with Crippen LogP contribution in [0.4, 0.5) is 13.6 Å². The van der Waals surface area contributed by atoms with E-state index < -0.39 is 11.6 Å². The number of guanidine groups is 1. The van der Waals surface area contributed by atoms with Crippen LogP contribution in [0.25, 0.3) is 0 Å². The Bertz CT molecular complexity index is 647. The van der Waals surface area contributed by atoms with Crippen LogP contribution in [0.2, 0.25) is 0 Å². The molecule has 0 radical (unpaired) electrons. The van der Waals surface area contributed by atoms with E-state index in [0.29, 0.717) is 50.7 Å². The van der Waals surface area contributed by atoms with Gasteiger partial charge in [0.1, 0.15) is 11.6 Å². The topological polar surface area (TPSA) is 66.0 Å². The van der Waals surface area contributed by atoms with Crippen molar-refractivity contribution in [3.05, 3.63) is 35.4 Å². The molecule has 1 aromatic rings. The van der Waals surface area contributed by atoms with Crippen LogP contribution in [0, 0.1) is 11.6 Å². The fourth-order valence-corrected chi connectivity index (χ4v) is 2.96. The summed E-state index contributed by atoms with van der Waals surface area (Å²) in [4.78, 5) is 17.9. The van der Waals surface area contributed by atoms with E-state index in [2.05, 4.69) is 15.6 Å². The molecule has 1 aliphatic rings. The van der Waals surface area contributed by atoms with Crippen molar-refractivity contribution in [3.63, 3.8) is 0 Å². The maximum absolute atomic E-state index is 13.7. The normalized spacial score (nSPS) is 15.6. The van der Waals surface area contributed by atoms with Crippen LogP contribution in [0.3, 0.4) is 0 Å². The molecule has 6 nitrogen and oxygen atoms in total. The molecule has 1 heterocycles. The quantitative estimate of drug-likeness (QED) is 0.586. The number of nitrogens with one attached hydrogen (secondary N) is 2. The SMILES string of the molecule is CCNC(=NCCc1cc(F)ccc1F)NC1CCN(C(=O)OCC)CC1. The van der Waals surface area contributed by atoms with Gasteiger partial charge in [-0.2, -0.15) is 0 Å². The molecule has 1 aliphatic heterocycles. The van der Waals surface area contributed by atoms with Crippen molar-refractivity contribution in [1.29, 1.82) is 0 Å². The van der Waals surface area contributed by atoms with Gasteiger partial charge in [-0.05, 0) is 56.9 Å². The molecule has 0 aliphatic carbocycles. The zero-order chi connectivity index (χ0) is 19.6.